The lowest BCUT2D eigenvalue weighted by Crippen LogP contribution is -2.33. The fraction of sp³-hybridized carbons (Fsp3) is 0.125. The second-order valence-electron chi connectivity index (χ2n) is 5.61. The Kier molecular flexibility index (Phi) is 4.91. The lowest BCUT2D eigenvalue weighted by Gasteiger charge is -2.27. The molecule has 1 unspecified atom stereocenters. The summed E-state index contributed by atoms with van der Waals surface area (Å²) in [5.41, 5.74) is 11.2. The molecule has 0 radical (unpaired) electrons. The summed E-state index contributed by atoms with van der Waals surface area (Å²) in [4.78, 5) is 8.33. The van der Waals surface area contributed by atoms with E-state index >= 15 is 0 Å². The number of benzene rings is 1. The molecule has 0 aliphatic carbocycles. The normalized spacial score (nSPS) is 15.5. The summed E-state index contributed by atoms with van der Waals surface area (Å²) in [6.45, 7) is 0. The highest BCUT2D eigenvalue weighted by Crippen LogP contribution is 2.44. The third-order valence-electron chi connectivity index (χ3n) is 3.99. The van der Waals surface area contributed by atoms with Crippen molar-refractivity contribution in [1.29, 1.82) is 10.5 Å². The van der Waals surface area contributed by atoms with Crippen LogP contribution < -0.4 is 22.1 Å². The van der Waals surface area contributed by atoms with Crippen LogP contribution in [0, 0.1) is 26.4 Å². The smallest absolute Gasteiger partial charge is 0.397 e. The van der Waals surface area contributed by atoms with Crippen molar-refractivity contribution >= 4 is 45.9 Å². The maximum atomic E-state index is 13.3. The number of nitrogens with zero attached hydrogens (tertiary/aromatic N) is 4. The highest BCUT2D eigenvalue weighted by Gasteiger charge is 2.36. The molecule has 1 aliphatic heterocycles. The number of aliphatic imine (C=N–C) groups is 1. The van der Waals surface area contributed by atoms with Gasteiger partial charge >= 0.3 is 6.18 Å². The van der Waals surface area contributed by atoms with Gasteiger partial charge in [0.15, 0.2) is 6.19 Å². The van der Waals surface area contributed by atoms with Crippen LogP contribution in [-0.4, -0.2) is 10.9 Å². The number of halogens is 4. The molecule has 6 N–H and O–H groups in total. The van der Waals surface area contributed by atoms with Crippen LogP contribution in [0.25, 0.3) is 0 Å². The Balaban J connectivity index is 2.30. The van der Waals surface area contributed by atoms with E-state index in [1.54, 1.807) is 28.8 Å². The summed E-state index contributed by atoms with van der Waals surface area (Å²) in [7, 11) is 0. The number of nitrogens with one attached hydrogen (secondary N) is 2. The van der Waals surface area contributed by atoms with Crippen molar-refractivity contribution in [3.8, 4) is 12.3 Å². The van der Waals surface area contributed by atoms with Crippen LogP contribution in [-0.2, 0) is 6.18 Å². The van der Waals surface area contributed by atoms with Crippen molar-refractivity contribution in [3.05, 3.63) is 44.0 Å². The summed E-state index contributed by atoms with van der Waals surface area (Å²) >= 11 is 1.59. The molecular formula is C16H10F3IN8. The monoisotopic (exact) mass is 498 g/mol. The van der Waals surface area contributed by atoms with Gasteiger partial charge in [0.1, 0.15) is 29.3 Å². The summed E-state index contributed by atoms with van der Waals surface area (Å²) in [5.74, 6) is -0.0915. The number of hydrogen-bond donors (Lipinski definition) is 4. The van der Waals surface area contributed by atoms with Crippen molar-refractivity contribution in [1.82, 2.24) is 10.3 Å². The van der Waals surface area contributed by atoms with E-state index in [4.69, 9.17) is 16.7 Å². The van der Waals surface area contributed by atoms with Gasteiger partial charge in [0.2, 0.25) is 5.96 Å². The highest BCUT2D eigenvalue weighted by molar-refractivity contribution is 14.1. The van der Waals surface area contributed by atoms with Gasteiger partial charge in [0.05, 0.1) is 11.3 Å². The van der Waals surface area contributed by atoms with E-state index in [1.165, 1.54) is 12.1 Å². The van der Waals surface area contributed by atoms with E-state index in [9.17, 15) is 18.4 Å². The maximum absolute atomic E-state index is 13.3. The molecule has 1 atom stereocenters. The Morgan fingerprint density at radius 2 is 1.96 bits per heavy atom. The summed E-state index contributed by atoms with van der Waals surface area (Å²) in [6.07, 6.45) is -2.89. The molecule has 8 nitrogen and oxygen atoms in total. The number of guanidine groups is 1. The third-order valence-corrected chi connectivity index (χ3v) is 5.19. The molecule has 3 rings (SSSR count). The fourth-order valence-electron chi connectivity index (χ4n) is 2.79. The SMILES string of the molecule is N#CNC1=NC(c2cccc(C(F)(F)F)c2I)c2c(nc(N)c(C#N)c2N)N1. The molecular weight excluding hydrogens is 488 g/mol. The molecule has 0 bridgehead atoms. The molecule has 0 fully saturated rings. The number of aromatic nitrogens is 1. The zero-order valence-electron chi connectivity index (χ0n) is 13.8. The van der Waals surface area contributed by atoms with Gasteiger partial charge in [-0.2, -0.15) is 23.7 Å². The molecule has 12 heteroatoms. The Morgan fingerprint density at radius 3 is 2.57 bits per heavy atom. The molecule has 1 aromatic heterocycles. The van der Waals surface area contributed by atoms with Gasteiger partial charge in [0, 0.05) is 9.13 Å². The van der Waals surface area contributed by atoms with E-state index in [1.807, 2.05) is 6.07 Å². The number of nitrogens with two attached hydrogens (primary N) is 2. The first kappa shape index (κ1) is 19.5. The third kappa shape index (κ3) is 3.22. The maximum Gasteiger partial charge on any atom is 0.417 e. The van der Waals surface area contributed by atoms with Crippen LogP contribution in [0.1, 0.15) is 28.3 Å². The van der Waals surface area contributed by atoms with Crippen LogP contribution >= 0.6 is 22.6 Å². The van der Waals surface area contributed by atoms with Gasteiger partial charge in [-0.25, -0.2) is 9.98 Å². The zero-order valence-corrected chi connectivity index (χ0v) is 15.9. The molecule has 28 heavy (non-hydrogen) atoms. The molecule has 2 heterocycles. The van der Waals surface area contributed by atoms with Gasteiger partial charge in [-0.15, -0.1) is 0 Å². The van der Waals surface area contributed by atoms with Crippen LogP contribution in [0.2, 0.25) is 0 Å². The van der Waals surface area contributed by atoms with E-state index in [-0.39, 0.29) is 43.5 Å². The minimum absolute atomic E-state index is 0.0378. The van der Waals surface area contributed by atoms with Gasteiger partial charge in [-0.05, 0) is 34.2 Å². The minimum atomic E-state index is -4.57. The topological polar surface area (TPSA) is 149 Å². The van der Waals surface area contributed by atoms with Crippen molar-refractivity contribution in [2.75, 3.05) is 16.8 Å². The number of alkyl halides is 3. The van der Waals surface area contributed by atoms with E-state index in [0.29, 0.717) is 0 Å². The Labute approximate surface area is 170 Å². The van der Waals surface area contributed by atoms with Gasteiger partial charge in [0.25, 0.3) is 0 Å². The average molecular weight is 498 g/mol. The Morgan fingerprint density at radius 1 is 1.25 bits per heavy atom. The standard InChI is InChI=1S/C16H10F3IN8/c17-16(18,19)8-3-1-2-6(10(8)20)12-9-11(23)7(4-21)13(24)27-14(9)28-15(26-12)25-5-22/h1-3,12H,(H6,23,24,25,26,27,28). The van der Waals surface area contributed by atoms with E-state index in [2.05, 4.69) is 20.6 Å². The number of nitriles is 2. The number of hydrogen-bond acceptors (Lipinski definition) is 8. The van der Waals surface area contributed by atoms with Crippen molar-refractivity contribution in [2.24, 2.45) is 4.99 Å². The van der Waals surface area contributed by atoms with Gasteiger partial charge < -0.3 is 16.8 Å². The predicted molar refractivity (Wildman–Crippen MR) is 104 cm³/mol. The molecule has 0 saturated heterocycles. The molecule has 0 amide bonds. The van der Waals surface area contributed by atoms with Crippen LogP contribution in [0.15, 0.2) is 23.2 Å². The second-order valence-corrected chi connectivity index (χ2v) is 6.69. The number of anilines is 3. The first-order valence-corrected chi connectivity index (χ1v) is 8.61. The number of rotatable bonds is 1. The lowest BCUT2D eigenvalue weighted by molar-refractivity contribution is -0.138. The Hall–Kier alpha value is -3.26. The summed E-state index contributed by atoms with van der Waals surface area (Å²) in [6, 6.07) is 4.46. The van der Waals surface area contributed by atoms with Crippen LogP contribution in [0.5, 0.6) is 0 Å². The molecule has 1 aromatic carbocycles. The van der Waals surface area contributed by atoms with Crippen LogP contribution in [0.3, 0.4) is 0 Å². The molecule has 2 aromatic rings. The molecule has 0 saturated carbocycles. The number of nitrogen functional groups attached to an aromatic ring is 2. The minimum Gasteiger partial charge on any atom is -0.397 e. The zero-order chi connectivity index (χ0) is 20.6. The van der Waals surface area contributed by atoms with E-state index in [0.717, 1.165) is 6.07 Å². The first-order valence-electron chi connectivity index (χ1n) is 7.53. The van der Waals surface area contributed by atoms with Crippen molar-refractivity contribution < 1.29 is 13.2 Å². The molecule has 1 aliphatic rings. The van der Waals surface area contributed by atoms with Crippen LogP contribution in [0.4, 0.5) is 30.5 Å². The molecule has 142 valence electrons. The quantitative estimate of drug-likeness (QED) is 0.268. The Bertz CT molecular complexity index is 1080. The number of pyridine rings is 1. The molecule has 0 spiro atoms. The highest BCUT2D eigenvalue weighted by atomic mass is 127. The van der Waals surface area contributed by atoms with Gasteiger partial charge in [-0.1, -0.05) is 12.1 Å². The summed E-state index contributed by atoms with van der Waals surface area (Å²) in [5, 5.41) is 23.2. The average Bonchev–Trinajstić information content (AvgIpc) is 2.60. The first-order chi connectivity index (χ1) is 13.2. The lowest BCUT2D eigenvalue weighted by atomic mass is 9.94. The largest absolute Gasteiger partial charge is 0.417 e. The van der Waals surface area contributed by atoms with Gasteiger partial charge in [-0.3, -0.25) is 5.32 Å². The predicted octanol–water partition coefficient (Wildman–Crippen LogP) is 2.68. The number of fused-ring (bicyclic) bond motifs is 1. The van der Waals surface area contributed by atoms with E-state index < -0.39 is 17.8 Å². The fourth-order valence-corrected chi connectivity index (χ4v) is 3.75. The van der Waals surface area contributed by atoms with Crippen molar-refractivity contribution in [3.63, 3.8) is 0 Å². The van der Waals surface area contributed by atoms with Crippen molar-refractivity contribution in [2.45, 2.75) is 12.2 Å². The second kappa shape index (κ2) is 7.05. The summed E-state index contributed by atoms with van der Waals surface area (Å²) < 4.78 is 39.9.